The third-order valence-corrected chi connectivity index (χ3v) is 3.34. The number of nitrogens with one attached hydrogen (secondary N) is 1. The fourth-order valence-electron chi connectivity index (χ4n) is 2.15. The Morgan fingerprint density at radius 1 is 1.33 bits per heavy atom. The number of rotatable bonds is 4. The highest BCUT2D eigenvalue weighted by Crippen LogP contribution is 2.20. The topological polar surface area (TPSA) is 32.3 Å². The average Bonchev–Trinajstić information content (AvgIpc) is 2.27. The van der Waals surface area contributed by atoms with E-state index in [0.29, 0.717) is 6.04 Å². The molecule has 1 amide bonds. The zero-order chi connectivity index (χ0) is 13.8. The number of amides is 1. The summed E-state index contributed by atoms with van der Waals surface area (Å²) in [4.78, 5) is 13.9. The van der Waals surface area contributed by atoms with Crippen molar-refractivity contribution in [2.45, 2.75) is 45.3 Å². The Kier molecular flexibility index (Phi) is 5.44. The maximum Gasteiger partial charge on any atom is 0.390 e. The molecule has 0 atom stereocenters. The van der Waals surface area contributed by atoms with Gasteiger partial charge in [-0.2, -0.15) is 13.2 Å². The molecule has 0 aromatic carbocycles. The highest BCUT2D eigenvalue weighted by atomic mass is 19.4. The van der Waals surface area contributed by atoms with E-state index in [9.17, 15) is 18.0 Å². The molecule has 0 radical (unpaired) electrons. The van der Waals surface area contributed by atoms with E-state index < -0.39 is 12.6 Å². The van der Waals surface area contributed by atoms with Crippen molar-refractivity contribution in [2.24, 2.45) is 5.92 Å². The van der Waals surface area contributed by atoms with Crippen LogP contribution in [0.25, 0.3) is 0 Å². The molecule has 0 aromatic heterocycles. The van der Waals surface area contributed by atoms with Gasteiger partial charge < -0.3 is 10.2 Å². The number of alkyl halides is 3. The molecule has 1 N–H and O–H groups in total. The number of halogens is 3. The molecule has 1 heterocycles. The van der Waals surface area contributed by atoms with Gasteiger partial charge in [0, 0.05) is 18.5 Å². The van der Waals surface area contributed by atoms with Crippen LogP contribution in [-0.2, 0) is 4.79 Å². The zero-order valence-electron chi connectivity index (χ0n) is 10.9. The summed E-state index contributed by atoms with van der Waals surface area (Å²) >= 11 is 0. The fourth-order valence-corrected chi connectivity index (χ4v) is 2.15. The minimum Gasteiger partial charge on any atom is -0.356 e. The molecule has 18 heavy (non-hydrogen) atoms. The third-order valence-electron chi connectivity index (χ3n) is 3.34. The summed E-state index contributed by atoms with van der Waals surface area (Å²) in [6.45, 7) is 5.57. The summed E-state index contributed by atoms with van der Waals surface area (Å²) in [5.74, 6) is -0.365. The summed E-state index contributed by atoms with van der Waals surface area (Å²) in [5.41, 5.74) is 0. The molecular weight excluding hydrogens is 245 g/mol. The molecule has 1 fully saturated rings. The van der Waals surface area contributed by atoms with Gasteiger partial charge in [0.2, 0.25) is 5.91 Å². The first-order valence-corrected chi connectivity index (χ1v) is 6.38. The highest BCUT2D eigenvalue weighted by Gasteiger charge is 2.29. The second-order valence-corrected chi connectivity index (χ2v) is 5.06. The number of carbonyl (C=O) groups is 1. The highest BCUT2D eigenvalue weighted by molar-refractivity contribution is 5.78. The molecule has 1 aliphatic rings. The molecule has 0 aromatic rings. The maximum atomic E-state index is 11.9. The average molecular weight is 266 g/mol. The minimum absolute atomic E-state index is 0.131. The van der Waals surface area contributed by atoms with Crippen LogP contribution in [0.5, 0.6) is 0 Å². The van der Waals surface area contributed by atoms with Crippen molar-refractivity contribution in [3.63, 3.8) is 0 Å². The molecule has 1 saturated heterocycles. The van der Waals surface area contributed by atoms with Crippen LogP contribution in [0.1, 0.15) is 33.1 Å². The smallest absolute Gasteiger partial charge is 0.356 e. The Balaban J connectivity index is 2.24. The zero-order valence-corrected chi connectivity index (χ0v) is 10.9. The van der Waals surface area contributed by atoms with Crippen LogP contribution in [0.2, 0.25) is 0 Å². The van der Waals surface area contributed by atoms with Gasteiger partial charge in [0.1, 0.15) is 0 Å². The first kappa shape index (κ1) is 15.3. The van der Waals surface area contributed by atoms with E-state index in [1.807, 2.05) is 0 Å². The van der Waals surface area contributed by atoms with E-state index in [-0.39, 0.29) is 18.4 Å². The molecule has 0 unspecified atom stereocenters. The van der Waals surface area contributed by atoms with Crippen LogP contribution in [0, 0.1) is 5.92 Å². The normalized spacial score (nSPS) is 19.2. The second-order valence-electron chi connectivity index (χ2n) is 5.06. The largest absolute Gasteiger partial charge is 0.390 e. The van der Waals surface area contributed by atoms with E-state index in [2.05, 4.69) is 24.1 Å². The Morgan fingerprint density at radius 3 is 2.33 bits per heavy atom. The van der Waals surface area contributed by atoms with Crippen molar-refractivity contribution in [2.75, 3.05) is 19.6 Å². The number of carbonyl (C=O) groups excluding carboxylic acids is 1. The van der Waals surface area contributed by atoms with Crippen LogP contribution in [0.4, 0.5) is 13.2 Å². The van der Waals surface area contributed by atoms with Gasteiger partial charge in [-0.05, 0) is 39.8 Å². The quantitative estimate of drug-likeness (QED) is 0.846. The van der Waals surface area contributed by atoms with Crippen molar-refractivity contribution in [3.05, 3.63) is 0 Å². The lowest BCUT2D eigenvalue weighted by molar-refractivity contribution is -0.137. The van der Waals surface area contributed by atoms with Gasteiger partial charge in [-0.1, -0.05) is 0 Å². The van der Waals surface area contributed by atoms with Crippen molar-refractivity contribution in [1.29, 1.82) is 0 Å². The molecular formula is C12H21F3N2O. The molecule has 0 bridgehead atoms. The van der Waals surface area contributed by atoms with Gasteiger partial charge in [0.25, 0.3) is 0 Å². The van der Waals surface area contributed by atoms with Gasteiger partial charge in [-0.25, -0.2) is 0 Å². The van der Waals surface area contributed by atoms with Crippen LogP contribution in [-0.4, -0.2) is 42.7 Å². The standard InChI is InChI=1S/C12H21F3N2O/c1-9(2)17-7-3-10(4-8-17)11(18)16-6-5-12(13,14)15/h9-10H,3-8H2,1-2H3,(H,16,18). The monoisotopic (exact) mass is 266 g/mol. The first-order valence-electron chi connectivity index (χ1n) is 6.38. The summed E-state index contributed by atoms with van der Waals surface area (Å²) in [6.07, 6.45) is -3.69. The predicted octanol–water partition coefficient (Wildman–Crippen LogP) is 2.18. The van der Waals surface area contributed by atoms with Gasteiger partial charge in [-0.3, -0.25) is 4.79 Å². The molecule has 0 saturated carbocycles. The maximum absolute atomic E-state index is 11.9. The lowest BCUT2D eigenvalue weighted by Crippen LogP contribution is -2.43. The Hall–Kier alpha value is -0.780. The van der Waals surface area contributed by atoms with E-state index >= 15 is 0 Å². The van der Waals surface area contributed by atoms with Crippen molar-refractivity contribution >= 4 is 5.91 Å². The molecule has 0 aliphatic carbocycles. The first-order chi connectivity index (χ1) is 8.29. The second kappa shape index (κ2) is 6.41. The lowest BCUT2D eigenvalue weighted by Gasteiger charge is -2.33. The molecule has 3 nitrogen and oxygen atoms in total. The fraction of sp³-hybridized carbons (Fsp3) is 0.917. The Labute approximate surface area is 106 Å². The summed E-state index contributed by atoms with van der Waals surface area (Å²) in [6, 6.07) is 0.458. The van der Waals surface area contributed by atoms with Gasteiger partial charge >= 0.3 is 6.18 Å². The molecule has 0 spiro atoms. The van der Waals surface area contributed by atoms with Gasteiger partial charge in [0.15, 0.2) is 0 Å². The number of likely N-dealkylation sites (tertiary alicyclic amines) is 1. The molecule has 1 aliphatic heterocycles. The number of piperidine rings is 1. The Bertz CT molecular complexity index is 271. The van der Waals surface area contributed by atoms with Gasteiger partial charge in [-0.15, -0.1) is 0 Å². The minimum atomic E-state index is -4.20. The summed E-state index contributed by atoms with van der Waals surface area (Å²) in [7, 11) is 0. The molecule has 1 rings (SSSR count). The van der Waals surface area contributed by atoms with E-state index in [1.165, 1.54) is 0 Å². The number of hydrogen-bond donors (Lipinski definition) is 1. The van der Waals surface area contributed by atoms with E-state index in [0.717, 1.165) is 25.9 Å². The van der Waals surface area contributed by atoms with Crippen LogP contribution in [0.3, 0.4) is 0 Å². The third kappa shape index (κ3) is 5.25. The van der Waals surface area contributed by atoms with Crippen molar-refractivity contribution in [3.8, 4) is 0 Å². The van der Waals surface area contributed by atoms with Gasteiger partial charge in [0.05, 0.1) is 6.42 Å². The lowest BCUT2D eigenvalue weighted by atomic mass is 9.95. The summed E-state index contributed by atoms with van der Waals surface area (Å²) < 4.78 is 35.8. The summed E-state index contributed by atoms with van der Waals surface area (Å²) in [5, 5.41) is 2.38. The predicted molar refractivity (Wildman–Crippen MR) is 63.1 cm³/mol. The van der Waals surface area contributed by atoms with Crippen molar-refractivity contribution in [1.82, 2.24) is 10.2 Å². The number of hydrogen-bond acceptors (Lipinski definition) is 2. The molecule has 106 valence electrons. The Morgan fingerprint density at radius 2 is 1.89 bits per heavy atom. The van der Waals surface area contributed by atoms with Crippen LogP contribution >= 0.6 is 0 Å². The van der Waals surface area contributed by atoms with Crippen LogP contribution < -0.4 is 5.32 Å². The molecule has 6 heteroatoms. The SMILES string of the molecule is CC(C)N1CCC(C(=O)NCCC(F)(F)F)CC1. The van der Waals surface area contributed by atoms with Crippen molar-refractivity contribution < 1.29 is 18.0 Å². The van der Waals surface area contributed by atoms with E-state index in [1.54, 1.807) is 0 Å². The van der Waals surface area contributed by atoms with Crippen LogP contribution in [0.15, 0.2) is 0 Å². The number of nitrogens with zero attached hydrogens (tertiary/aromatic N) is 1. The van der Waals surface area contributed by atoms with E-state index in [4.69, 9.17) is 0 Å².